The highest BCUT2D eigenvalue weighted by Gasteiger charge is 2.43. The summed E-state index contributed by atoms with van der Waals surface area (Å²) in [5.74, 6) is 1.28. The van der Waals surface area contributed by atoms with Crippen LogP contribution in [0.1, 0.15) is 44.0 Å². The summed E-state index contributed by atoms with van der Waals surface area (Å²) in [7, 11) is 0. The lowest BCUT2D eigenvalue weighted by molar-refractivity contribution is -0.125. The molecule has 2 aliphatic rings. The predicted octanol–water partition coefficient (Wildman–Crippen LogP) is 4.06. The summed E-state index contributed by atoms with van der Waals surface area (Å²) in [4.78, 5) is 27.7. The van der Waals surface area contributed by atoms with Crippen LogP contribution in [0.5, 0.6) is 0 Å². The van der Waals surface area contributed by atoms with Crippen molar-refractivity contribution >= 4 is 35.0 Å². The first-order valence-corrected chi connectivity index (χ1v) is 11.8. The molecule has 164 valence electrons. The van der Waals surface area contributed by atoms with Crippen molar-refractivity contribution in [2.45, 2.75) is 49.8 Å². The van der Waals surface area contributed by atoms with Gasteiger partial charge in [-0.05, 0) is 44.4 Å². The van der Waals surface area contributed by atoms with Crippen LogP contribution in [0.15, 0.2) is 59.8 Å². The Kier molecular flexibility index (Phi) is 5.25. The van der Waals surface area contributed by atoms with Gasteiger partial charge in [-0.15, -0.1) is 10.2 Å². The zero-order valence-corrected chi connectivity index (χ0v) is 18.9. The van der Waals surface area contributed by atoms with E-state index in [2.05, 4.69) is 32.2 Å². The lowest BCUT2D eigenvalue weighted by Crippen LogP contribution is -2.59. The van der Waals surface area contributed by atoms with E-state index in [1.54, 1.807) is 18.7 Å². The number of benzene rings is 2. The summed E-state index contributed by atoms with van der Waals surface area (Å²) >= 11 is 1.38. The Morgan fingerprint density at radius 3 is 2.56 bits per heavy atom. The van der Waals surface area contributed by atoms with Gasteiger partial charge in [-0.3, -0.25) is 14.5 Å². The second-order valence-electron chi connectivity index (χ2n) is 8.73. The number of amides is 2. The van der Waals surface area contributed by atoms with Crippen LogP contribution < -0.4 is 10.2 Å². The molecule has 5 rings (SSSR count). The van der Waals surface area contributed by atoms with Gasteiger partial charge in [-0.2, -0.15) is 0 Å². The van der Waals surface area contributed by atoms with E-state index >= 15 is 0 Å². The smallest absolute Gasteiger partial charge is 0.250 e. The number of hydrogen-bond acceptors (Lipinski definition) is 5. The van der Waals surface area contributed by atoms with E-state index in [4.69, 9.17) is 0 Å². The van der Waals surface area contributed by atoms with Crippen molar-refractivity contribution in [3.8, 4) is 0 Å². The molecular formula is C24H25N5O2S. The highest BCUT2D eigenvalue weighted by Crippen LogP contribution is 2.41. The number of carbonyl (C=O) groups is 2. The maximum absolute atomic E-state index is 13.4. The van der Waals surface area contributed by atoms with Crippen LogP contribution in [0.25, 0.3) is 0 Å². The highest BCUT2D eigenvalue weighted by atomic mass is 32.2. The number of nitrogens with one attached hydrogen (secondary N) is 1. The summed E-state index contributed by atoms with van der Waals surface area (Å²) in [6.07, 6.45) is 2.26. The van der Waals surface area contributed by atoms with Gasteiger partial charge < -0.3 is 9.88 Å². The number of anilines is 2. The van der Waals surface area contributed by atoms with Gasteiger partial charge in [0.1, 0.15) is 11.4 Å². The molecule has 0 unspecified atom stereocenters. The number of fused-ring (bicyclic) bond motifs is 1. The van der Waals surface area contributed by atoms with Crippen molar-refractivity contribution < 1.29 is 9.59 Å². The number of hydrogen-bond donors (Lipinski definition) is 1. The first kappa shape index (κ1) is 20.8. The van der Waals surface area contributed by atoms with E-state index < -0.39 is 5.54 Å². The Balaban J connectivity index is 1.39. The molecule has 2 amide bonds. The number of aromatic nitrogens is 3. The first-order chi connectivity index (χ1) is 15.4. The number of para-hydroxylation sites is 2. The van der Waals surface area contributed by atoms with Crippen molar-refractivity contribution in [1.82, 2.24) is 14.8 Å². The van der Waals surface area contributed by atoms with Crippen molar-refractivity contribution in [2.75, 3.05) is 16.0 Å². The minimum absolute atomic E-state index is 0.135. The standard InChI is InChI=1S/C24H25N5O2S/c1-24(2)22(31)25-18-10-6-7-11-19(18)29(24)20(30)15-32-23-27-26-21(17-12-13-17)28(23)14-16-8-4-3-5-9-16/h3-11,17H,12-15H2,1-2H3,(H,25,31). The predicted molar refractivity (Wildman–Crippen MR) is 125 cm³/mol. The van der Waals surface area contributed by atoms with E-state index in [0.29, 0.717) is 23.8 Å². The largest absolute Gasteiger partial charge is 0.322 e. The molecule has 1 aliphatic heterocycles. The molecule has 7 nitrogen and oxygen atoms in total. The molecule has 0 spiro atoms. The van der Waals surface area contributed by atoms with Gasteiger partial charge in [0.25, 0.3) is 0 Å². The Morgan fingerprint density at radius 2 is 1.81 bits per heavy atom. The molecule has 0 radical (unpaired) electrons. The minimum Gasteiger partial charge on any atom is -0.322 e. The molecule has 1 aliphatic carbocycles. The molecule has 0 atom stereocenters. The van der Waals surface area contributed by atoms with Gasteiger partial charge in [-0.1, -0.05) is 54.2 Å². The zero-order valence-electron chi connectivity index (χ0n) is 18.1. The quantitative estimate of drug-likeness (QED) is 0.577. The second-order valence-corrected chi connectivity index (χ2v) is 9.68. The van der Waals surface area contributed by atoms with Crippen LogP contribution in [-0.4, -0.2) is 37.9 Å². The van der Waals surface area contributed by atoms with Crippen LogP contribution in [0.3, 0.4) is 0 Å². The normalized spacial score (nSPS) is 17.1. The minimum atomic E-state index is -0.983. The molecule has 2 heterocycles. The lowest BCUT2D eigenvalue weighted by Gasteiger charge is -2.42. The maximum atomic E-state index is 13.4. The molecule has 0 saturated heterocycles. The molecule has 8 heteroatoms. The van der Waals surface area contributed by atoms with Crippen molar-refractivity contribution in [3.63, 3.8) is 0 Å². The summed E-state index contributed by atoms with van der Waals surface area (Å²) in [6, 6.07) is 17.6. The SMILES string of the molecule is CC1(C)C(=O)Nc2ccccc2N1C(=O)CSc1nnc(C2CC2)n1Cc1ccccc1. The Labute approximate surface area is 191 Å². The Bertz CT molecular complexity index is 1170. The average molecular weight is 448 g/mol. The van der Waals surface area contributed by atoms with Gasteiger partial charge in [0.15, 0.2) is 5.16 Å². The molecule has 3 aromatic rings. The van der Waals surface area contributed by atoms with Gasteiger partial charge in [-0.25, -0.2) is 0 Å². The fraction of sp³-hybridized carbons (Fsp3) is 0.333. The number of carbonyl (C=O) groups excluding carboxylic acids is 2. The third-order valence-corrected chi connectivity index (χ3v) is 6.90. The Morgan fingerprint density at radius 1 is 1.09 bits per heavy atom. The summed E-state index contributed by atoms with van der Waals surface area (Å²) < 4.78 is 2.13. The summed E-state index contributed by atoms with van der Waals surface area (Å²) in [6.45, 7) is 4.21. The molecule has 1 saturated carbocycles. The van der Waals surface area contributed by atoms with Crippen molar-refractivity contribution in [2.24, 2.45) is 0 Å². The number of rotatable bonds is 6. The average Bonchev–Trinajstić information content (AvgIpc) is 3.55. The van der Waals surface area contributed by atoms with Gasteiger partial charge >= 0.3 is 0 Å². The van der Waals surface area contributed by atoms with Crippen molar-refractivity contribution in [1.29, 1.82) is 0 Å². The fourth-order valence-electron chi connectivity index (χ4n) is 4.05. The molecule has 2 aromatic carbocycles. The lowest BCUT2D eigenvalue weighted by atomic mass is 9.96. The Hall–Kier alpha value is -3.13. The second kappa shape index (κ2) is 8.09. The van der Waals surface area contributed by atoms with Gasteiger partial charge in [0.05, 0.1) is 23.7 Å². The van der Waals surface area contributed by atoms with E-state index in [0.717, 1.165) is 23.8 Å². The first-order valence-electron chi connectivity index (χ1n) is 10.8. The zero-order chi connectivity index (χ0) is 22.3. The van der Waals surface area contributed by atoms with Crippen LogP contribution >= 0.6 is 11.8 Å². The van der Waals surface area contributed by atoms with Gasteiger partial charge in [0.2, 0.25) is 11.8 Å². The van der Waals surface area contributed by atoms with Crippen LogP contribution in [0.4, 0.5) is 11.4 Å². The molecule has 0 bridgehead atoms. The molecule has 32 heavy (non-hydrogen) atoms. The third kappa shape index (κ3) is 3.79. The van der Waals surface area contributed by atoms with E-state index in [-0.39, 0.29) is 17.6 Å². The van der Waals surface area contributed by atoms with Crippen LogP contribution in [0.2, 0.25) is 0 Å². The van der Waals surface area contributed by atoms with Crippen LogP contribution in [-0.2, 0) is 16.1 Å². The molecule has 1 fully saturated rings. The highest BCUT2D eigenvalue weighted by molar-refractivity contribution is 7.99. The van der Waals surface area contributed by atoms with E-state index in [9.17, 15) is 9.59 Å². The molecule has 1 aromatic heterocycles. The fourth-order valence-corrected chi connectivity index (χ4v) is 4.85. The topological polar surface area (TPSA) is 80.1 Å². The van der Waals surface area contributed by atoms with Gasteiger partial charge in [0, 0.05) is 5.92 Å². The van der Waals surface area contributed by atoms with Crippen LogP contribution in [0, 0.1) is 0 Å². The van der Waals surface area contributed by atoms with E-state index in [1.165, 1.54) is 17.3 Å². The molecular weight excluding hydrogens is 422 g/mol. The third-order valence-electron chi connectivity index (χ3n) is 5.95. The van der Waals surface area contributed by atoms with E-state index in [1.807, 2.05) is 42.5 Å². The monoisotopic (exact) mass is 447 g/mol. The number of nitrogens with zero attached hydrogens (tertiary/aromatic N) is 4. The maximum Gasteiger partial charge on any atom is 0.250 e. The number of thioether (sulfide) groups is 1. The van der Waals surface area contributed by atoms with Crippen molar-refractivity contribution in [3.05, 3.63) is 66.0 Å². The molecule has 1 N–H and O–H groups in total. The summed E-state index contributed by atoms with van der Waals surface area (Å²) in [5, 5.41) is 12.5. The summed E-state index contributed by atoms with van der Waals surface area (Å²) in [5.41, 5.74) is 1.55.